The summed E-state index contributed by atoms with van der Waals surface area (Å²) in [6.07, 6.45) is 8.40. The van der Waals surface area contributed by atoms with Crippen molar-refractivity contribution in [2.45, 2.75) is 51.9 Å². The summed E-state index contributed by atoms with van der Waals surface area (Å²) in [5, 5.41) is 0. The molecule has 4 rings (SSSR count). The van der Waals surface area contributed by atoms with E-state index in [1.54, 1.807) is 13.0 Å². The van der Waals surface area contributed by atoms with Gasteiger partial charge >= 0.3 is 0 Å². The fourth-order valence-electron chi connectivity index (χ4n) is 4.60. The van der Waals surface area contributed by atoms with Crippen LogP contribution in [-0.2, 0) is 12.8 Å². The van der Waals surface area contributed by atoms with E-state index in [1.165, 1.54) is 6.07 Å². The largest absolute Gasteiger partial charge is 0.491 e. The molecule has 30 heavy (non-hydrogen) atoms. The first-order chi connectivity index (χ1) is 14.5. The zero-order valence-electron chi connectivity index (χ0n) is 17.3. The van der Waals surface area contributed by atoms with Crippen molar-refractivity contribution in [3.8, 4) is 17.2 Å². The van der Waals surface area contributed by atoms with Crippen LogP contribution in [0.15, 0.2) is 30.9 Å². The molecule has 0 saturated heterocycles. The Morgan fingerprint density at radius 1 is 1.03 bits per heavy atom. The lowest BCUT2D eigenvalue weighted by atomic mass is 9.79. The van der Waals surface area contributed by atoms with Crippen molar-refractivity contribution in [2.75, 3.05) is 6.61 Å². The average molecular weight is 416 g/mol. The molecule has 0 bridgehead atoms. The number of aryl methyl sites for hydroxylation is 1. The summed E-state index contributed by atoms with van der Waals surface area (Å²) >= 11 is 0. The number of ether oxygens (including phenoxy) is 2. The predicted molar refractivity (Wildman–Crippen MR) is 111 cm³/mol. The average Bonchev–Trinajstić information content (AvgIpc) is 2.76. The molecule has 0 aromatic heterocycles. The molecule has 2 nitrogen and oxygen atoms in total. The minimum absolute atomic E-state index is 0.0119. The summed E-state index contributed by atoms with van der Waals surface area (Å²) in [7, 11) is 0. The van der Waals surface area contributed by atoms with E-state index in [-0.39, 0.29) is 30.3 Å². The summed E-state index contributed by atoms with van der Waals surface area (Å²) in [5.74, 6) is -1.90. The van der Waals surface area contributed by atoms with Gasteiger partial charge in [-0.2, -0.15) is 8.78 Å². The van der Waals surface area contributed by atoms with Crippen molar-refractivity contribution >= 4 is 0 Å². The van der Waals surface area contributed by atoms with Crippen molar-refractivity contribution in [2.24, 2.45) is 11.8 Å². The number of fused-ring (bicyclic) bond motifs is 2. The van der Waals surface area contributed by atoms with Crippen LogP contribution in [0.2, 0.25) is 0 Å². The van der Waals surface area contributed by atoms with Gasteiger partial charge < -0.3 is 9.47 Å². The molecular weight excluding hydrogens is 389 g/mol. The molecule has 160 valence electrons. The Morgan fingerprint density at radius 2 is 1.77 bits per heavy atom. The van der Waals surface area contributed by atoms with Gasteiger partial charge in [0.05, 0.1) is 6.61 Å². The predicted octanol–water partition coefficient (Wildman–Crippen LogP) is 7.12. The van der Waals surface area contributed by atoms with Crippen molar-refractivity contribution in [3.05, 3.63) is 65.0 Å². The van der Waals surface area contributed by atoms with Gasteiger partial charge in [0.1, 0.15) is 0 Å². The second kappa shape index (κ2) is 8.75. The van der Waals surface area contributed by atoms with Crippen LogP contribution in [0.4, 0.5) is 13.2 Å². The van der Waals surface area contributed by atoms with Crippen LogP contribution < -0.4 is 9.47 Å². The molecule has 0 unspecified atom stereocenters. The second-order valence-electron chi connectivity index (χ2n) is 8.28. The smallest absolute Gasteiger partial charge is 0.205 e. The Balaban J connectivity index is 1.52. The van der Waals surface area contributed by atoms with Crippen LogP contribution >= 0.6 is 0 Å². The van der Waals surface area contributed by atoms with E-state index in [4.69, 9.17) is 9.47 Å². The summed E-state index contributed by atoms with van der Waals surface area (Å²) in [6, 6.07) is 5.06. The number of hydrogen-bond acceptors (Lipinski definition) is 2. The minimum Gasteiger partial charge on any atom is -0.491 e. The number of allylic oxidation sites excluding steroid dienone is 1. The van der Waals surface area contributed by atoms with Gasteiger partial charge in [-0.3, -0.25) is 0 Å². The Labute approximate surface area is 175 Å². The fraction of sp³-hybridized carbons (Fsp3) is 0.440. The number of rotatable bonds is 6. The maximum atomic E-state index is 15.2. The van der Waals surface area contributed by atoms with Crippen LogP contribution in [0.1, 0.15) is 55.7 Å². The highest BCUT2D eigenvalue weighted by atomic mass is 19.2. The summed E-state index contributed by atoms with van der Waals surface area (Å²) < 4.78 is 54.7. The highest BCUT2D eigenvalue weighted by Gasteiger charge is 2.29. The van der Waals surface area contributed by atoms with Gasteiger partial charge in [-0.25, -0.2) is 4.39 Å². The molecule has 0 spiro atoms. The van der Waals surface area contributed by atoms with Gasteiger partial charge in [-0.05, 0) is 68.9 Å². The van der Waals surface area contributed by atoms with Gasteiger partial charge in [0, 0.05) is 17.5 Å². The van der Waals surface area contributed by atoms with Crippen LogP contribution in [0.3, 0.4) is 0 Å². The monoisotopic (exact) mass is 416 g/mol. The van der Waals surface area contributed by atoms with Crippen molar-refractivity contribution in [1.82, 2.24) is 0 Å². The van der Waals surface area contributed by atoms with Crippen LogP contribution in [0.25, 0.3) is 0 Å². The molecular formula is C25H27F3O2. The zero-order chi connectivity index (χ0) is 21.3. The quantitative estimate of drug-likeness (QED) is 0.398. The number of halogens is 3. The first kappa shape index (κ1) is 20.8. The highest BCUT2D eigenvalue weighted by Crippen LogP contribution is 2.44. The third kappa shape index (κ3) is 3.94. The Kier molecular flexibility index (Phi) is 6.07. The van der Waals surface area contributed by atoms with Crippen LogP contribution in [-0.4, -0.2) is 6.61 Å². The summed E-state index contributed by atoms with van der Waals surface area (Å²) in [6.45, 7) is 5.80. The Hall–Kier alpha value is -2.43. The second-order valence-corrected chi connectivity index (χ2v) is 8.28. The van der Waals surface area contributed by atoms with Crippen LogP contribution in [0, 0.1) is 29.3 Å². The molecule has 1 saturated carbocycles. The van der Waals surface area contributed by atoms with E-state index < -0.39 is 17.5 Å². The molecule has 2 aromatic carbocycles. The minimum atomic E-state index is -1.13. The van der Waals surface area contributed by atoms with Gasteiger partial charge in [-0.15, -0.1) is 6.58 Å². The van der Waals surface area contributed by atoms with E-state index in [1.807, 2.05) is 12.1 Å². The number of hydrogen-bond donors (Lipinski definition) is 0. The maximum absolute atomic E-state index is 15.2. The lowest BCUT2D eigenvalue weighted by Crippen LogP contribution is -2.14. The number of benzene rings is 2. The molecule has 1 heterocycles. The van der Waals surface area contributed by atoms with E-state index in [2.05, 4.69) is 6.58 Å². The van der Waals surface area contributed by atoms with Crippen molar-refractivity contribution in [1.29, 1.82) is 0 Å². The van der Waals surface area contributed by atoms with Gasteiger partial charge in [-0.1, -0.05) is 18.2 Å². The summed E-state index contributed by atoms with van der Waals surface area (Å²) in [5.41, 5.74) is 1.65. The molecule has 0 amide bonds. The third-order valence-electron chi connectivity index (χ3n) is 6.40. The summed E-state index contributed by atoms with van der Waals surface area (Å²) in [4.78, 5) is 0. The Morgan fingerprint density at radius 3 is 2.47 bits per heavy atom. The molecule has 0 radical (unpaired) electrons. The van der Waals surface area contributed by atoms with E-state index in [9.17, 15) is 8.78 Å². The molecule has 5 heteroatoms. The molecule has 1 fully saturated rings. The van der Waals surface area contributed by atoms with Gasteiger partial charge in [0.25, 0.3) is 0 Å². The van der Waals surface area contributed by atoms with E-state index in [0.717, 1.165) is 32.1 Å². The fourth-order valence-corrected chi connectivity index (χ4v) is 4.60. The first-order valence-corrected chi connectivity index (χ1v) is 10.8. The topological polar surface area (TPSA) is 18.5 Å². The molecule has 1 aliphatic heterocycles. The zero-order valence-corrected chi connectivity index (χ0v) is 17.3. The third-order valence-corrected chi connectivity index (χ3v) is 6.40. The maximum Gasteiger partial charge on any atom is 0.205 e. The van der Waals surface area contributed by atoms with Gasteiger partial charge in [0.2, 0.25) is 11.6 Å². The normalized spacial score (nSPS) is 20.1. The first-order valence-electron chi connectivity index (χ1n) is 10.8. The van der Waals surface area contributed by atoms with Gasteiger partial charge in [0.15, 0.2) is 23.1 Å². The van der Waals surface area contributed by atoms with E-state index in [0.29, 0.717) is 34.9 Å². The molecule has 2 aliphatic rings. The molecule has 0 atom stereocenters. The van der Waals surface area contributed by atoms with Crippen molar-refractivity contribution in [3.63, 3.8) is 0 Å². The lowest BCUT2D eigenvalue weighted by molar-refractivity contribution is 0.295. The molecule has 2 aromatic rings. The standard InChI is InChI=1S/C25H27F3O2/c1-3-15-5-7-16(8-6-15)9-10-17-11-12-18-13-19-14-20(29-4-2)22(27)23(28)25(19)30-24(18)21(17)26/h3,11-12,14-16H,1,4-10,13H2,2H3. The van der Waals surface area contributed by atoms with E-state index >= 15 is 4.39 Å². The van der Waals surface area contributed by atoms with Crippen molar-refractivity contribution < 1.29 is 22.6 Å². The van der Waals surface area contributed by atoms with Crippen LogP contribution in [0.5, 0.6) is 17.2 Å². The SMILES string of the molecule is C=CC1CCC(CCc2ccc3c(c2F)Oc2c(cc(OCC)c(F)c2F)C3)CC1. The molecule has 1 aliphatic carbocycles. The lowest BCUT2D eigenvalue weighted by Gasteiger charge is -2.27. The highest BCUT2D eigenvalue weighted by molar-refractivity contribution is 5.54. The molecule has 0 N–H and O–H groups in total. The Bertz CT molecular complexity index is 946.